The number of aromatic nitrogens is 2. The first-order valence-corrected chi connectivity index (χ1v) is 6.57. The van der Waals surface area contributed by atoms with E-state index in [1.165, 1.54) is 0 Å². The molecule has 1 unspecified atom stereocenters. The molecule has 0 bridgehead atoms. The van der Waals surface area contributed by atoms with Crippen LogP contribution < -0.4 is 10.1 Å². The quantitative estimate of drug-likeness (QED) is 0.830. The zero-order chi connectivity index (χ0) is 13.5. The first-order valence-electron chi connectivity index (χ1n) is 6.57. The predicted octanol–water partition coefficient (Wildman–Crippen LogP) is 2.71. The fraction of sp³-hybridized carbons (Fsp3) is 0.429. The summed E-state index contributed by atoms with van der Waals surface area (Å²) in [5, 5.41) is 11.4. The van der Waals surface area contributed by atoms with Gasteiger partial charge in [-0.25, -0.2) is 0 Å². The number of ether oxygens (including phenoxy) is 1. The molecule has 1 aromatic heterocycles. The van der Waals surface area contributed by atoms with Crippen molar-refractivity contribution in [2.24, 2.45) is 0 Å². The maximum Gasteiger partial charge on any atom is 0.253 e. The van der Waals surface area contributed by atoms with Crippen molar-refractivity contribution in [2.75, 3.05) is 6.54 Å². The second kappa shape index (κ2) is 6.89. The van der Waals surface area contributed by atoms with Crippen LogP contribution in [0.3, 0.4) is 0 Å². The molecule has 1 heterocycles. The highest BCUT2D eigenvalue weighted by Crippen LogP contribution is 2.16. The van der Waals surface area contributed by atoms with Crippen molar-refractivity contribution >= 4 is 0 Å². The summed E-state index contributed by atoms with van der Waals surface area (Å²) in [5.74, 6) is 1.91. The lowest BCUT2D eigenvalue weighted by atomic mass is 10.2. The lowest BCUT2D eigenvalue weighted by Gasteiger charge is -2.10. The highest BCUT2D eigenvalue weighted by atomic mass is 16.5. The number of para-hydroxylation sites is 1. The molecule has 0 aliphatic rings. The van der Waals surface area contributed by atoms with Gasteiger partial charge in [0.1, 0.15) is 5.75 Å². The highest BCUT2D eigenvalue weighted by Gasteiger charge is 2.15. The minimum absolute atomic E-state index is 0.114. The van der Waals surface area contributed by atoms with Gasteiger partial charge in [-0.3, -0.25) is 0 Å². The molecule has 0 amide bonds. The molecule has 19 heavy (non-hydrogen) atoms. The van der Waals surface area contributed by atoms with Crippen molar-refractivity contribution in [1.29, 1.82) is 0 Å². The maximum atomic E-state index is 5.60. The molecule has 0 aliphatic carbocycles. The summed E-state index contributed by atoms with van der Waals surface area (Å²) in [5.41, 5.74) is 0. The van der Waals surface area contributed by atoms with Crippen molar-refractivity contribution in [1.82, 2.24) is 15.5 Å². The average Bonchev–Trinajstić information content (AvgIpc) is 2.92. The Labute approximate surface area is 113 Å². The standard InChI is InChI=1S/C14H19N3O2/c1-3-12(15-4-2)14-17-16-13(19-14)10-18-11-8-6-5-7-9-11/h5-9,12,15H,3-4,10H2,1-2H3. The zero-order valence-electron chi connectivity index (χ0n) is 11.3. The number of hydrogen-bond donors (Lipinski definition) is 1. The Morgan fingerprint density at radius 3 is 2.68 bits per heavy atom. The van der Waals surface area contributed by atoms with E-state index in [-0.39, 0.29) is 6.04 Å². The topological polar surface area (TPSA) is 60.2 Å². The molecular weight excluding hydrogens is 242 g/mol. The van der Waals surface area contributed by atoms with E-state index in [1.807, 2.05) is 30.3 Å². The molecule has 0 saturated heterocycles. The SMILES string of the molecule is CCNC(CC)c1nnc(COc2ccccc2)o1. The van der Waals surface area contributed by atoms with Crippen LogP contribution >= 0.6 is 0 Å². The Morgan fingerprint density at radius 1 is 1.21 bits per heavy atom. The Hall–Kier alpha value is -1.88. The van der Waals surface area contributed by atoms with E-state index in [1.54, 1.807) is 0 Å². The van der Waals surface area contributed by atoms with Gasteiger partial charge in [-0.2, -0.15) is 0 Å². The van der Waals surface area contributed by atoms with Crippen molar-refractivity contribution in [2.45, 2.75) is 32.9 Å². The Bertz CT molecular complexity index is 484. The minimum atomic E-state index is 0.114. The van der Waals surface area contributed by atoms with E-state index >= 15 is 0 Å². The van der Waals surface area contributed by atoms with E-state index in [0.29, 0.717) is 18.4 Å². The minimum Gasteiger partial charge on any atom is -0.484 e. The first-order chi connectivity index (χ1) is 9.33. The molecular formula is C14H19N3O2. The summed E-state index contributed by atoms with van der Waals surface area (Å²) in [6.45, 7) is 5.30. The van der Waals surface area contributed by atoms with Gasteiger partial charge in [0.15, 0.2) is 6.61 Å². The number of nitrogens with zero attached hydrogens (tertiary/aromatic N) is 2. The van der Waals surface area contributed by atoms with Crippen LogP contribution in [0, 0.1) is 0 Å². The van der Waals surface area contributed by atoms with Crippen molar-refractivity contribution in [3.8, 4) is 5.75 Å². The Kier molecular flexibility index (Phi) is 4.92. The second-order valence-corrected chi connectivity index (χ2v) is 4.15. The van der Waals surface area contributed by atoms with Gasteiger partial charge < -0.3 is 14.5 Å². The summed E-state index contributed by atoms with van der Waals surface area (Å²) in [6.07, 6.45) is 0.912. The number of nitrogens with one attached hydrogen (secondary N) is 1. The Balaban J connectivity index is 1.93. The summed E-state index contributed by atoms with van der Waals surface area (Å²) >= 11 is 0. The third kappa shape index (κ3) is 3.79. The molecule has 0 fully saturated rings. The maximum absolute atomic E-state index is 5.60. The second-order valence-electron chi connectivity index (χ2n) is 4.15. The van der Waals surface area contributed by atoms with Crippen molar-refractivity contribution in [3.63, 3.8) is 0 Å². The van der Waals surface area contributed by atoms with Gasteiger partial charge in [0, 0.05) is 0 Å². The number of benzene rings is 1. The van der Waals surface area contributed by atoms with Crippen LogP contribution in [0.15, 0.2) is 34.7 Å². The van der Waals surface area contributed by atoms with Gasteiger partial charge in [-0.1, -0.05) is 32.0 Å². The van der Waals surface area contributed by atoms with E-state index < -0.39 is 0 Å². The van der Waals surface area contributed by atoms with Crippen LogP contribution in [0.4, 0.5) is 0 Å². The molecule has 2 rings (SSSR count). The van der Waals surface area contributed by atoms with Crippen molar-refractivity contribution in [3.05, 3.63) is 42.1 Å². The third-order valence-corrected chi connectivity index (χ3v) is 2.74. The molecule has 1 N–H and O–H groups in total. The third-order valence-electron chi connectivity index (χ3n) is 2.74. The van der Waals surface area contributed by atoms with Gasteiger partial charge in [0.2, 0.25) is 5.89 Å². The highest BCUT2D eigenvalue weighted by molar-refractivity contribution is 5.20. The van der Waals surface area contributed by atoms with Gasteiger partial charge in [-0.15, -0.1) is 10.2 Å². The molecule has 1 aromatic carbocycles. The van der Waals surface area contributed by atoms with Gasteiger partial charge in [0.25, 0.3) is 5.89 Å². The summed E-state index contributed by atoms with van der Waals surface area (Å²) in [4.78, 5) is 0. The summed E-state index contributed by atoms with van der Waals surface area (Å²) in [6, 6.07) is 9.69. The monoisotopic (exact) mass is 261 g/mol. The summed E-state index contributed by atoms with van der Waals surface area (Å²) < 4.78 is 11.2. The molecule has 0 spiro atoms. The molecule has 0 radical (unpaired) electrons. The van der Waals surface area contributed by atoms with E-state index in [9.17, 15) is 0 Å². The molecule has 1 atom stereocenters. The fourth-order valence-corrected chi connectivity index (χ4v) is 1.78. The smallest absolute Gasteiger partial charge is 0.253 e. The normalized spacial score (nSPS) is 12.3. The Morgan fingerprint density at radius 2 is 2.00 bits per heavy atom. The molecule has 0 saturated carbocycles. The molecule has 102 valence electrons. The lowest BCUT2D eigenvalue weighted by molar-refractivity contribution is 0.253. The summed E-state index contributed by atoms with van der Waals surface area (Å²) in [7, 11) is 0. The van der Waals surface area contributed by atoms with E-state index in [2.05, 4.69) is 29.4 Å². The van der Waals surface area contributed by atoms with Gasteiger partial charge in [-0.05, 0) is 25.1 Å². The average molecular weight is 261 g/mol. The van der Waals surface area contributed by atoms with E-state index in [4.69, 9.17) is 9.15 Å². The van der Waals surface area contributed by atoms with Crippen LogP contribution in [0.1, 0.15) is 38.1 Å². The largest absolute Gasteiger partial charge is 0.484 e. The van der Waals surface area contributed by atoms with Gasteiger partial charge in [0.05, 0.1) is 6.04 Å². The zero-order valence-corrected chi connectivity index (χ0v) is 11.3. The number of rotatable bonds is 7. The van der Waals surface area contributed by atoms with Crippen LogP contribution in [0.25, 0.3) is 0 Å². The van der Waals surface area contributed by atoms with Crippen LogP contribution in [-0.4, -0.2) is 16.7 Å². The molecule has 5 nitrogen and oxygen atoms in total. The van der Waals surface area contributed by atoms with E-state index in [0.717, 1.165) is 18.7 Å². The fourth-order valence-electron chi connectivity index (χ4n) is 1.78. The van der Waals surface area contributed by atoms with Crippen LogP contribution in [0.2, 0.25) is 0 Å². The van der Waals surface area contributed by atoms with Crippen LogP contribution in [-0.2, 0) is 6.61 Å². The van der Waals surface area contributed by atoms with Gasteiger partial charge >= 0.3 is 0 Å². The number of hydrogen-bond acceptors (Lipinski definition) is 5. The predicted molar refractivity (Wildman–Crippen MR) is 71.8 cm³/mol. The van der Waals surface area contributed by atoms with Crippen LogP contribution in [0.5, 0.6) is 5.75 Å². The molecule has 2 aromatic rings. The first kappa shape index (κ1) is 13.5. The lowest BCUT2D eigenvalue weighted by Crippen LogP contribution is -2.20. The molecule has 0 aliphatic heterocycles. The van der Waals surface area contributed by atoms with Crippen molar-refractivity contribution < 1.29 is 9.15 Å². The molecule has 5 heteroatoms.